The van der Waals surface area contributed by atoms with Crippen LogP contribution in [0.1, 0.15) is 15.2 Å². The van der Waals surface area contributed by atoms with E-state index < -0.39 is 0 Å². The van der Waals surface area contributed by atoms with Crippen LogP contribution in [0.25, 0.3) is 0 Å². The molecule has 23 heavy (non-hydrogen) atoms. The van der Waals surface area contributed by atoms with Crippen LogP contribution in [0.3, 0.4) is 0 Å². The highest BCUT2D eigenvalue weighted by atomic mass is 32.1. The molecule has 2 heterocycles. The zero-order valence-electron chi connectivity index (χ0n) is 12.6. The first-order valence-corrected chi connectivity index (χ1v) is 8.39. The predicted octanol–water partition coefficient (Wildman–Crippen LogP) is 1.85. The number of para-hydroxylation sites is 1. The third-order valence-electron chi connectivity index (χ3n) is 3.70. The lowest BCUT2D eigenvalue weighted by atomic mass is 9.97. The van der Waals surface area contributed by atoms with E-state index in [4.69, 9.17) is 4.74 Å². The number of amides is 2. The summed E-state index contributed by atoms with van der Waals surface area (Å²) < 4.78 is 5.70. The fourth-order valence-electron chi connectivity index (χ4n) is 2.50. The molecular weight excluding hydrogens is 312 g/mol. The van der Waals surface area contributed by atoms with Crippen molar-refractivity contribution in [2.45, 2.75) is 6.42 Å². The zero-order valence-corrected chi connectivity index (χ0v) is 13.4. The molecule has 0 fully saturated rings. The maximum atomic E-state index is 11.8. The van der Waals surface area contributed by atoms with Gasteiger partial charge in [-0.2, -0.15) is 0 Å². The number of hydrogen-bond acceptors (Lipinski definition) is 4. The van der Waals surface area contributed by atoms with Gasteiger partial charge in [0.15, 0.2) is 0 Å². The first kappa shape index (κ1) is 15.6. The zero-order chi connectivity index (χ0) is 16.1. The summed E-state index contributed by atoms with van der Waals surface area (Å²) in [6, 6.07) is 11.5. The van der Waals surface area contributed by atoms with Crippen molar-refractivity contribution in [3.63, 3.8) is 0 Å². The molecule has 5 nitrogen and oxygen atoms in total. The van der Waals surface area contributed by atoms with Crippen LogP contribution < -0.4 is 15.4 Å². The molecular formula is C17H18N2O3S. The molecule has 120 valence electrons. The molecule has 2 N–H and O–H groups in total. The van der Waals surface area contributed by atoms with Crippen molar-refractivity contribution in [3.8, 4) is 5.75 Å². The largest absolute Gasteiger partial charge is 0.493 e. The Kier molecular flexibility index (Phi) is 4.92. The molecule has 1 unspecified atom stereocenters. The maximum Gasteiger partial charge on any atom is 0.261 e. The summed E-state index contributed by atoms with van der Waals surface area (Å²) in [7, 11) is 0. The summed E-state index contributed by atoms with van der Waals surface area (Å²) in [6.45, 7) is 1.13. The van der Waals surface area contributed by atoms with Gasteiger partial charge in [-0.15, -0.1) is 11.3 Å². The molecule has 2 amide bonds. The van der Waals surface area contributed by atoms with Gasteiger partial charge in [-0.1, -0.05) is 24.3 Å². The Bertz CT molecular complexity index is 685. The predicted molar refractivity (Wildman–Crippen MR) is 88.8 cm³/mol. The summed E-state index contributed by atoms with van der Waals surface area (Å²) in [4.78, 5) is 24.2. The number of nitrogens with one attached hydrogen (secondary N) is 2. The number of rotatable bonds is 5. The monoisotopic (exact) mass is 330 g/mol. The van der Waals surface area contributed by atoms with E-state index in [1.165, 1.54) is 16.9 Å². The minimum absolute atomic E-state index is 0.0130. The third kappa shape index (κ3) is 4.10. The van der Waals surface area contributed by atoms with Gasteiger partial charge in [0.05, 0.1) is 18.0 Å². The lowest BCUT2D eigenvalue weighted by Crippen LogP contribution is -2.40. The van der Waals surface area contributed by atoms with Crippen molar-refractivity contribution in [1.82, 2.24) is 10.6 Å². The van der Waals surface area contributed by atoms with Crippen molar-refractivity contribution >= 4 is 23.2 Å². The van der Waals surface area contributed by atoms with Gasteiger partial charge in [0, 0.05) is 12.5 Å². The van der Waals surface area contributed by atoms with Crippen LogP contribution in [0.2, 0.25) is 0 Å². The summed E-state index contributed by atoms with van der Waals surface area (Å²) >= 11 is 1.35. The number of ether oxygens (including phenoxy) is 1. The number of hydrogen-bond donors (Lipinski definition) is 2. The van der Waals surface area contributed by atoms with Crippen LogP contribution in [0, 0.1) is 5.92 Å². The molecule has 0 spiro atoms. The second-order valence-corrected chi connectivity index (χ2v) is 6.40. The molecule has 0 saturated heterocycles. The Morgan fingerprint density at radius 1 is 1.17 bits per heavy atom. The molecule has 1 aromatic heterocycles. The van der Waals surface area contributed by atoms with Gasteiger partial charge < -0.3 is 15.4 Å². The highest BCUT2D eigenvalue weighted by Crippen LogP contribution is 2.26. The number of carbonyl (C=O) groups is 2. The minimum Gasteiger partial charge on any atom is -0.493 e. The van der Waals surface area contributed by atoms with E-state index in [2.05, 4.69) is 10.6 Å². The standard InChI is InChI=1S/C17H18N2O3S/c20-16(10-19-17(21)15-6-3-7-23-15)18-9-12-8-13-4-1-2-5-14(13)22-11-12/h1-7,12H,8-11H2,(H,18,20)(H,19,21). The molecule has 0 aliphatic carbocycles. The van der Waals surface area contributed by atoms with E-state index in [9.17, 15) is 9.59 Å². The van der Waals surface area contributed by atoms with Crippen LogP contribution in [-0.2, 0) is 11.2 Å². The summed E-state index contributed by atoms with van der Waals surface area (Å²) in [5.74, 6) is 0.777. The van der Waals surface area contributed by atoms with Crippen molar-refractivity contribution < 1.29 is 14.3 Å². The van der Waals surface area contributed by atoms with Crippen LogP contribution in [0.5, 0.6) is 5.75 Å². The Balaban J connectivity index is 1.41. The number of thiophene rings is 1. The van der Waals surface area contributed by atoms with Crippen LogP contribution in [-0.4, -0.2) is 31.5 Å². The van der Waals surface area contributed by atoms with Crippen molar-refractivity contribution in [3.05, 3.63) is 52.2 Å². The fourth-order valence-corrected chi connectivity index (χ4v) is 3.14. The lowest BCUT2D eigenvalue weighted by Gasteiger charge is -2.25. The second-order valence-electron chi connectivity index (χ2n) is 5.45. The van der Waals surface area contributed by atoms with Gasteiger partial charge in [-0.05, 0) is 29.5 Å². The van der Waals surface area contributed by atoms with Gasteiger partial charge in [-0.25, -0.2) is 0 Å². The molecule has 3 rings (SSSR count). The van der Waals surface area contributed by atoms with Gasteiger partial charge in [0.25, 0.3) is 5.91 Å². The van der Waals surface area contributed by atoms with E-state index in [1.54, 1.807) is 12.1 Å². The van der Waals surface area contributed by atoms with E-state index >= 15 is 0 Å². The summed E-state index contributed by atoms with van der Waals surface area (Å²) in [5.41, 5.74) is 1.17. The SMILES string of the molecule is O=C(CNC(=O)c1cccs1)NCC1COc2ccccc2C1. The Labute approximate surface area is 138 Å². The molecule has 1 aliphatic heterocycles. The lowest BCUT2D eigenvalue weighted by molar-refractivity contribution is -0.120. The topological polar surface area (TPSA) is 67.4 Å². The molecule has 1 atom stereocenters. The minimum atomic E-state index is -0.218. The third-order valence-corrected chi connectivity index (χ3v) is 4.57. The average Bonchev–Trinajstić information content (AvgIpc) is 3.12. The van der Waals surface area contributed by atoms with Gasteiger partial charge in [0.1, 0.15) is 5.75 Å². The molecule has 1 aliphatic rings. The molecule has 0 bridgehead atoms. The Morgan fingerprint density at radius 3 is 2.87 bits per heavy atom. The maximum absolute atomic E-state index is 11.8. The summed E-state index contributed by atoms with van der Waals surface area (Å²) in [5, 5.41) is 7.30. The fraction of sp³-hybridized carbons (Fsp3) is 0.294. The number of fused-ring (bicyclic) bond motifs is 1. The van der Waals surface area contributed by atoms with E-state index in [1.807, 2.05) is 29.6 Å². The van der Waals surface area contributed by atoms with Crippen molar-refractivity contribution in [2.24, 2.45) is 5.92 Å². The first-order chi connectivity index (χ1) is 11.2. The Hall–Kier alpha value is -2.34. The highest BCUT2D eigenvalue weighted by Gasteiger charge is 2.20. The Morgan fingerprint density at radius 2 is 2.04 bits per heavy atom. The molecule has 0 saturated carbocycles. The number of carbonyl (C=O) groups excluding carboxylic acids is 2. The molecule has 0 radical (unpaired) electrons. The normalized spacial score (nSPS) is 16.1. The van der Waals surface area contributed by atoms with Gasteiger partial charge >= 0.3 is 0 Å². The molecule has 6 heteroatoms. The van der Waals surface area contributed by atoms with E-state index in [0.717, 1.165) is 12.2 Å². The van der Waals surface area contributed by atoms with Crippen molar-refractivity contribution in [2.75, 3.05) is 19.7 Å². The summed E-state index contributed by atoms with van der Waals surface area (Å²) in [6.07, 6.45) is 0.887. The smallest absolute Gasteiger partial charge is 0.261 e. The van der Waals surface area contributed by atoms with Crippen molar-refractivity contribution in [1.29, 1.82) is 0 Å². The van der Waals surface area contributed by atoms with Crippen LogP contribution >= 0.6 is 11.3 Å². The van der Waals surface area contributed by atoms with Crippen LogP contribution in [0.4, 0.5) is 0 Å². The van der Waals surface area contributed by atoms with E-state index in [-0.39, 0.29) is 24.3 Å². The number of benzene rings is 1. The molecule has 1 aromatic carbocycles. The highest BCUT2D eigenvalue weighted by molar-refractivity contribution is 7.12. The quantitative estimate of drug-likeness (QED) is 0.879. The van der Waals surface area contributed by atoms with Gasteiger partial charge in [0.2, 0.25) is 5.91 Å². The van der Waals surface area contributed by atoms with Gasteiger partial charge in [-0.3, -0.25) is 9.59 Å². The van der Waals surface area contributed by atoms with Crippen LogP contribution in [0.15, 0.2) is 41.8 Å². The first-order valence-electron chi connectivity index (χ1n) is 7.51. The average molecular weight is 330 g/mol. The second kappa shape index (κ2) is 7.28. The van der Waals surface area contributed by atoms with E-state index in [0.29, 0.717) is 18.0 Å². The molecule has 2 aromatic rings.